The van der Waals surface area contributed by atoms with Crippen molar-refractivity contribution in [3.63, 3.8) is 0 Å². The fraction of sp³-hybridized carbons (Fsp3) is 0.600. The Hall–Kier alpha value is -1.02. The molecule has 1 aromatic rings. The molecule has 0 radical (unpaired) electrons. The van der Waals surface area contributed by atoms with Crippen LogP contribution in [-0.4, -0.2) is 24.2 Å². The minimum absolute atomic E-state index is 0.105. The lowest BCUT2D eigenvalue weighted by atomic mass is 9.83. The number of ether oxygens (including phenoxy) is 1. The van der Waals surface area contributed by atoms with Crippen LogP contribution in [0.4, 0.5) is 0 Å². The molecule has 2 heteroatoms. The van der Waals surface area contributed by atoms with Crippen molar-refractivity contribution in [1.82, 2.24) is 4.90 Å². The molecule has 0 amide bonds. The Kier molecular flexibility index (Phi) is 2.62. The van der Waals surface area contributed by atoms with Crippen LogP contribution in [0.15, 0.2) is 24.3 Å². The Bertz CT molecular complexity index is 407. The highest BCUT2D eigenvalue weighted by Crippen LogP contribution is 2.44. The molecule has 1 unspecified atom stereocenters. The summed E-state index contributed by atoms with van der Waals surface area (Å²) >= 11 is 0. The van der Waals surface area contributed by atoms with Crippen LogP contribution in [0.2, 0.25) is 0 Å². The second kappa shape index (κ2) is 4.02. The van der Waals surface area contributed by atoms with Crippen LogP contribution in [0.3, 0.4) is 0 Å². The molecule has 3 rings (SSSR count). The Morgan fingerprint density at radius 2 is 1.82 bits per heavy atom. The number of para-hydroxylation sites is 1. The summed E-state index contributed by atoms with van der Waals surface area (Å²) in [5.41, 5.74) is 1.46. The van der Waals surface area contributed by atoms with Gasteiger partial charge >= 0.3 is 0 Å². The fourth-order valence-corrected chi connectivity index (χ4v) is 3.19. The molecule has 2 nitrogen and oxygen atoms in total. The summed E-state index contributed by atoms with van der Waals surface area (Å²) in [6.45, 7) is 6.97. The van der Waals surface area contributed by atoms with Crippen LogP contribution >= 0.6 is 0 Å². The Labute approximate surface area is 104 Å². The van der Waals surface area contributed by atoms with E-state index in [1.807, 2.05) is 0 Å². The smallest absolute Gasteiger partial charge is 0.162 e. The molecule has 1 atom stereocenters. The van der Waals surface area contributed by atoms with E-state index in [9.17, 15) is 0 Å². The zero-order valence-electron chi connectivity index (χ0n) is 10.8. The van der Waals surface area contributed by atoms with Crippen LogP contribution < -0.4 is 4.74 Å². The molecule has 2 aliphatic rings. The average molecular weight is 231 g/mol. The highest BCUT2D eigenvalue weighted by molar-refractivity contribution is 5.43. The van der Waals surface area contributed by atoms with Gasteiger partial charge in [0.15, 0.2) is 6.23 Å². The fourth-order valence-electron chi connectivity index (χ4n) is 3.19. The molecule has 0 aromatic heterocycles. The molecule has 1 aromatic carbocycles. The molecule has 2 aliphatic heterocycles. The summed E-state index contributed by atoms with van der Waals surface area (Å²) in [5.74, 6) is 1.08. The van der Waals surface area contributed by atoms with E-state index in [0.717, 1.165) is 5.75 Å². The molecule has 0 N–H and O–H groups in total. The zero-order chi connectivity index (χ0) is 11.9. The van der Waals surface area contributed by atoms with Gasteiger partial charge in [-0.05, 0) is 18.9 Å². The molecule has 0 saturated carbocycles. The van der Waals surface area contributed by atoms with E-state index in [0.29, 0.717) is 0 Å². The normalized spacial score (nSPS) is 27.5. The van der Waals surface area contributed by atoms with Crippen LogP contribution in [0.25, 0.3) is 0 Å². The predicted octanol–water partition coefficient (Wildman–Crippen LogP) is 3.17. The van der Waals surface area contributed by atoms with Gasteiger partial charge in [0, 0.05) is 24.1 Å². The van der Waals surface area contributed by atoms with Gasteiger partial charge in [-0.15, -0.1) is 0 Å². The first-order chi connectivity index (χ1) is 8.19. The van der Waals surface area contributed by atoms with Crippen LogP contribution in [0, 0.1) is 0 Å². The van der Waals surface area contributed by atoms with E-state index in [1.54, 1.807) is 0 Å². The van der Waals surface area contributed by atoms with Gasteiger partial charge in [0.05, 0.1) is 0 Å². The molecule has 1 fully saturated rings. The van der Waals surface area contributed by atoms with E-state index in [-0.39, 0.29) is 11.6 Å². The maximum atomic E-state index is 6.19. The number of piperidine rings is 1. The second-order valence-electron chi connectivity index (χ2n) is 5.78. The van der Waals surface area contributed by atoms with Crippen molar-refractivity contribution in [2.45, 2.75) is 44.8 Å². The molecule has 0 aliphatic carbocycles. The van der Waals surface area contributed by atoms with Crippen molar-refractivity contribution in [2.75, 3.05) is 13.1 Å². The van der Waals surface area contributed by atoms with Crippen molar-refractivity contribution >= 4 is 0 Å². The molecule has 17 heavy (non-hydrogen) atoms. The van der Waals surface area contributed by atoms with Crippen molar-refractivity contribution in [3.8, 4) is 5.75 Å². The van der Waals surface area contributed by atoms with Crippen molar-refractivity contribution in [3.05, 3.63) is 29.8 Å². The average Bonchev–Trinajstić information content (AvgIpc) is 2.63. The molecule has 0 spiro atoms. The van der Waals surface area contributed by atoms with E-state index in [4.69, 9.17) is 4.74 Å². The Morgan fingerprint density at radius 3 is 2.53 bits per heavy atom. The highest BCUT2D eigenvalue weighted by atomic mass is 16.5. The summed E-state index contributed by atoms with van der Waals surface area (Å²) in [4.78, 5) is 2.52. The Balaban J connectivity index is 1.89. The van der Waals surface area contributed by atoms with Gasteiger partial charge in [-0.1, -0.05) is 38.5 Å². The first kappa shape index (κ1) is 11.1. The summed E-state index contributed by atoms with van der Waals surface area (Å²) in [6, 6.07) is 8.48. The van der Waals surface area contributed by atoms with E-state index >= 15 is 0 Å². The van der Waals surface area contributed by atoms with Gasteiger partial charge in [-0.2, -0.15) is 0 Å². The van der Waals surface area contributed by atoms with Crippen LogP contribution in [0.1, 0.15) is 38.7 Å². The first-order valence-corrected chi connectivity index (χ1v) is 6.70. The molecular formula is C15H21NO. The summed E-state index contributed by atoms with van der Waals surface area (Å²) in [7, 11) is 0. The molecular weight excluding hydrogens is 210 g/mol. The Morgan fingerprint density at radius 1 is 1.12 bits per heavy atom. The van der Waals surface area contributed by atoms with Crippen molar-refractivity contribution in [1.29, 1.82) is 0 Å². The molecule has 1 saturated heterocycles. The van der Waals surface area contributed by atoms with Gasteiger partial charge in [0.1, 0.15) is 5.75 Å². The van der Waals surface area contributed by atoms with E-state index < -0.39 is 0 Å². The van der Waals surface area contributed by atoms with Gasteiger partial charge in [-0.3, -0.25) is 4.90 Å². The van der Waals surface area contributed by atoms with E-state index in [2.05, 4.69) is 43.0 Å². The predicted molar refractivity (Wildman–Crippen MR) is 69.3 cm³/mol. The minimum Gasteiger partial charge on any atom is -0.474 e. The van der Waals surface area contributed by atoms with Crippen molar-refractivity contribution < 1.29 is 4.74 Å². The largest absolute Gasteiger partial charge is 0.474 e. The number of nitrogens with zero attached hydrogens (tertiary/aromatic N) is 1. The SMILES string of the molecule is CC1(C)c2ccccc2OC1N1CCCCC1. The molecule has 92 valence electrons. The minimum atomic E-state index is 0.105. The number of fused-ring (bicyclic) bond motifs is 1. The standard InChI is InChI=1S/C15H21NO/c1-15(2)12-8-4-5-9-13(12)17-14(15)16-10-6-3-7-11-16/h4-5,8-9,14H,3,6-7,10-11H2,1-2H3. The van der Waals surface area contributed by atoms with Crippen LogP contribution in [-0.2, 0) is 5.41 Å². The van der Waals surface area contributed by atoms with Gasteiger partial charge in [0.2, 0.25) is 0 Å². The first-order valence-electron chi connectivity index (χ1n) is 6.70. The van der Waals surface area contributed by atoms with Gasteiger partial charge in [-0.25, -0.2) is 0 Å². The second-order valence-corrected chi connectivity index (χ2v) is 5.78. The number of likely N-dealkylation sites (tertiary alicyclic amines) is 1. The van der Waals surface area contributed by atoms with Crippen LogP contribution in [0.5, 0.6) is 5.75 Å². The monoisotopic (exact) mass is 231 g/mol. The maximum Gasteiger partial charge on any atom is 0.162 e. The van der Waals surface area contributed by atoms with Crippen molar-refractivity contribution in [2.24, 2.45) is 0 Å². The molecule has 0 bridgehead atoms. The summed E-state index contributed by atoms with van der Waals surface area (Å²) < 4.78 is 6.19. The molecule has 2 heterocycles. The number of hydrogen-bond acceptors (Lipinski definition) is 2. The quantitative estimate of drug-likeness (QED) is 0.736. The number of benzene rings is 1. The maximum absolute atomic E-state index is 6.19. The lowest BCUT2D eigenvalue weighted by Crippen LogP contribution is -2.49. The lowest BCUT2D eigenvalue weighted by Gasteiger charge is -2.38. The number of rotatable bonds is 1. The number of hydrogen-bond donors (Lipinski definition) is 0. The zero-order valence-corrected chi connectivity index (χ0v) is 10.8. The van der Waals surface area contributed by atoms with Gasteiger partial charge < -0.3 is 4.74 Å². The third-order valence-corrected chi connectivity index (χ3v) is 4.16. The third kappa shape index (κ3) is 1.75. The summed E-state index contributed by atoms with van der Waals surface area (Å²) in [6.07, 6.45) is 4.22. The highest BCUT2D eigenvalue weighted by Gasteiger charge is 2.44. The van der Waals surface area contributed by atoms with Gasteiger partial charge in [0.25, 0.3) is 0 Å². The topological polar surface area (TPSA) is 12.5 Å². The van der Waals surface area contributed by atoms with E-state index in [1.165, 1.54) is 37.9 Å². The lowest BCUT2D eigenvalue weighted by molar-refractivity contribution is -0.0131. The summed E-state index contributed by atoms with van der Waals surface area (Å²) in [5, 5.41) is 0. The third-order valence-electron chi connectivity index (χ3n) is 4.16.